The molecule has 9 heteroatoms. The van der Waals surface area contributed by atoms with E-state index < -0.39 is 5.97 Å². The number of rotatable bonds is 8. The van der Waals surface area contributed by atoms with Gasteiger partial charge in [0.15, 0.2) is 0 Å². The first-order valence-corrected chi connectivity index (χ1v) is 9.37. The Morgan fingerprint density at radius 1 is 1.24 bits per heavy atom. The molecule has 2 heterocycles. The first kappa shape index (κ1) is 20.6. The van der Waals surface area contributed by atoms with E-state index >= 15 is 0 Å². The highest BCUT2D eigenvalue weighted by Crippen LogP contribution is 2.19. The number of hydrogen-bond acceptors (Lipinski definition) is 7. The lowest BCUT2D eigenvalue weighted by Gasteiger charge is -2.02. The molecule has 0 aliphatic heterocycles. The third-order valence-corrected chi connectivity index (χ3v) is 4.45. The van der Waals surface area contributed by atoms with Crippen molar-refractivity contribution in [1.29, 1.82) is 0 Å². The largest absolute Gasteiger partial charge is 0.465 e. The van der Waals surface area contributed by atoms with Gasteiger partial charge in [0, 0.05) is 23.4 Å². The van der Waals surface area contributed by atoms with Gasteiger partial charge in [-0.3, -0.25) is 4.79 Å². The minimum absolute atomic E-state index is 0.142. The van der Waals surface area contributed by atoms with Crippen LogP contribution in [0.1, 0.15) is 40.6 Å². The maximum atomic E-state index is 12.0. The molecule has 0 aliphatic rings. The van der Waals surface area contributed by atoms with Crippen LogP contribution in [0.3, 0.4) is 0 Å². The number of ether oxygens (including phenoxy) is 1. The maximum absolute atomic E-state index is 12.0. The van der Waals surface area contributed by atoms with Crippen molar-refractivity contribution in [3.63, 3.8) is 0 Å². The van der Waals surface area contributed by atoms with Gasteiger partial charge in [-0.05, 0) is 43.7 Å². The lowest BCUT2D eigenvalue weighted by Crippen LogP contribution is -2.22. The molecule has 0 bridgehead atoms. The van der Waals surface area contributed by atoms with Crippen molar-refractivity contribution < 1.29 is 23.3 Å². The highest BCUT2D eigenvalue weighted by atomic mass is 35.5. The molecule has 0 unspecified atom stereocenters. The Morgan fingerprint density at radius 3 is 2.72 bits per heavy atom. The van der Waals surface area contributed by atoms with Gasteiger partial charge in [0.25, 0.3) is 0 Å². The van der Waals surface area contributed by atoms with E-state index in [0.717, 1.165) is 5.56 Å². The predicted octanol–water partition coefficient (Wildman–Crippen LogP) is 3.72. The van der Waals surface area contributed by atoms with E-state index in [1.54, 1.807) is 25.1 Å². The lowest BCUT2D eigenvalue weighted by atomic mass is 10.2. The monoisotopic (exact) mass is 417 g/mol. The SMILES string of the molecule is COC(=O)c1cc(CNC(=O)CCCc2nc(-c3ccc(Cl)cc3)no2)oc1C. The van der Waals surface area contributed by atoms with Gasteiger partial charge in [-0.1, -0.05) is 16.8 Å². The zero-order chi connectivity index (χ0) is 20.8. The summed E-state index contributed by atoms with van der Waals surface area (Å²) < 4.78 is 15.4. The molecule has 3 aromatic rings. The van der Waals surface area contributed by atoms with Crippen LogP contribution in [-0.4, -0.2) is 29.1 Å². The summed E-state index contributed by atoms with van der Waals surface area (Å²) in [6.07, 6.45) is 1.33. The Bertz CT molecular complexity index is 994. The van der Waals surface area contributed by atoms with Gasteiger partial charge >= 0.3 is 5.97 Å². The Labute approximate surface area is 172 Å². The quantitative estimate of drug-likeness (QED) is 0.556. The number of nitrogens with zero attached hydrogens (tertiary/aromatic N) is 2. The number of carbonyl (C=O) groups excluding carboxylic acids is 2. The molecule has 0 radical (unpaired) electrons. The molecule has 1 amide bonds. The van der Waals surface area contributed by atoms with E-state index in [1.165, 1.54) is 7.11 Å². The fraction of sp³-hybridized carbons (Fsp3) is 0.300. The summed E-state index contributed by atoms with van der Waals surface area (Å²) >= 11 is 5.87. The second-order valence-corrected chi connectivity index (χ2v) is 6.76. The van der Waals surface area contributed by atoms with Crippen molar-refractivity contribution >= 4 is 23.5 Å². The maximum Gasteiger partial charge on any atom is 0.341 e. The van der Waals surface area contributed by atoms with Crippen LogP contribution in [0, 0.1) is 6.92 Å². The molecule has 0 atom stereocenters. The molecule has 29 heavy (non-hydrogen) atoms. The number of aryl methyl sites for hydroxylation is 2. The van der Waals surface area contributed by atoms with Crippen molar-refractivity contribution in [3.8, 4) is 11.4 Å². The van der Waals surface area contributed by atoms with Crippen LogP contribution in [0.5, 0.6) is 0 Å². The van der Waals surface area contributed by atoms with Crippen molar-refractivity contribution in [3.05, 3.63) is 58.3 Å². The van der Waals surface area contributed by atoms with E-state index in [4.69, 9.17) is 20.5 Å². The van der Waals surface area contributed by atoms with Crippen LogP contribution in [0.15, 0.2) is 39.3 Å². The van der Waals surface area contributed by atoms with E-state index in [0.29, 0.717) is 53.1 Å². The number of furan rings is 1. The normalized spacial score (nSPS) is 10.7. The van der Waals surface area contributed by atoms with Gasteiger partial charge in [0.1, 0.15) is 17.1 Å². The van der Waals surface area contributed by atoms with Crippen LogP contribution in [0.2, 0.25) is 5.02 Å². The number of methoxy groups -OCH3 is 1. The molecular weight excluding hydrogens is 398 g/mol. The zero-order valence-corrected chi connectivity index (χ0v) is 16.8. The van der Waals surface area contributed by atoms with Crippen LogP contribution in [0.4, 0.5) is 0 Å². The first-order chi connectivity index (χ1) is 14.0. The lowest BCUT2D eigenvalue weighted by molar-refractivity contribution is -0.121. The molecule has 1 N–H and O–H groups in total. The summed E-state index contributed by atoms with van der Waals surface area (Å²) in [5.74, 6) is 1.27. The van der Waals surface area contributed by atoms with Gasteiger partial charge in [-0.25, -0.2) is 4.79 Å². The average Bonchev–Trinajstić information content (AvgIpc) is 3.33. The van der Waals surface area contributed by atoms with E-state index in [1.807, 2.05) is 12.1 Å². The van der Waals surface area contributed by atoms with Gasteiger partial charge in [0.2, 0.25) is 17.6 Å². The molecular formula is C20H20ClN3O5. The number of esters is 1. The van der Waals surface area contributed by atoms with Gasteiger partial charge in [0.05, 0.1) is 13.7 Å². The standard InChI is InChI=1S/C20H20ClN3O5/c1-12-16(20(26)27-2)10-15(28-12)11-22-17(25)4-3-5-18-23-19(24-29-18)13-6-8-14(21)9-7-13/h6-10H,3-5,11H2,1-2H3,(H,22,25). The molecule has 8 nitrogen and oxygen atoms in total. The number of nitrogens with one attached hydrogen (secondary N) is 1. The summed E-state index contributed by atoms with van der Waals surface area (Å²) in [5.41, 5.74) is 1.16. The van der Waals surface area contributed by atoms with E-state index in [9.17, 15) is 9.59 Å². The number of hydrogen-bond donors (Lipinski definition) is 1. The Morgan fingerprint density at radius 2 is 2.00 bits per heavy atom. The third kappa shape index (κ3) is 5.45. The zero-order valence-electron chi connectivity index (χ0n) is 16.0. The first-order valence-electron chi connectivity index (χ1n) is 8.99. The molecule has 3 rings (SSSR count). The van der Waals surface area contributed by atoms with Gasteiger partial charge in [-0.15, -0.1) is 0 Å². The molecule has 0 saturated heterocycles. The summed E-state index contributed by atoms with van der Waals surface area (Å²) in [7, 11) is 1.30. The smallest absolute Gasteiger partial charge is 0.341 e. The number of aromatic nitrogens is 2. The summed E-state index contributed by atoms with van der Waals surface area (Å²) in [6, 6.07) is 8.70. The number of amides is 1. The molecule has 0 saturated carbocycles. The minimum atomic E-state index is -0.471. The topological polar surface area (TPSA) is 107 Å². The Hall–Kier alpha value is -3.13. The summed E-state index contributed by atoms with van der Waals surface area (Å²) in [5, 5.41) is 7.33. The summed E-state index contributed by atoms with van der Waals surface area (Å²) in [4.78, 5) is 27.9. The number of carbonyl (C=O) groups is 2. The summed E-state index contributed by atoms with van der Waals surface area (Å²) in [6.45, 7) is 1.86. The highest BCUT2D eigenvalue weighted by Gasteiger charge is 2.16. The van der Waals surface area contributed by atoms with Crippen LogP contribution < -0.4 is 5.32 Å². The molecule has 1 aromatic carbocycles. The second kappa shape index (κ2) is 9.38. The predicted molar refractivity (Wildman–Crippen MR) is 104 cm³/mol. The molecule has 152 valence electrons. The molecule has 0 fully saturated rings. The van der Waals surface area contributed by atoms with E-state index in [-0.39, 0.29) is 12.5 Å². The Balaban J connectivity index is 1.43. The molecule has 0 aliphatic carbocycles. The highest BCUT2D eigenvalue weighted by molar-refractivity contribution is 6.30. The molecule has 0 spiro atoms. The average molecular weight is 418 g/mol. The minimum Gasteiger partial charge on any atom is -0.465 e. The second-order valence-electron chi connectivity index (χ2n) is 6.32. The van der Waals surface area contributed by atoms with Crippen molar-refractivity contribution in [2.24, 2.45) is 0 Å². The molecule has 2 aromatic heterocycles. The van der Waals surface area contributed by atoms with E-state index in [2.05, 4.69) is 20.2 Å². The number of halogens is 1. The van der Waals surface area contributed by atoms with Crippen molar-refractivity contribution in [1.82, 2.24) is 15.5 Å². The van der Waals surface area contributed by atoms with Gasteiger partial charge < -0.3 is 19.0 Å². The third-order valence-electron chi connectivity index (χ3n) is 4.20. The van der Waals surface area contributed by atoms with Crippen molar-refractivity contribution in [2.45, 2.75) is 32.7 Å². The van der Waals surface area contributed by atoms with Gasteiger partial charge in [-0.2, -0.15) is 4.98 Å². The Kier molecular flexibility index (Phi) is 6.66. The van der Waals surface area contributed by atoms with Crippen LogP contribution in [0.25, 0.3) is 11.4 Å². The number of benzene rings is 1. The fourth-order valence-electron chi connectivity index (χ4n) is 2.69. The van der Waals surface area contributed by atoms with Crippen molar-refractivity contribution in [2.75, 3.05) is 7.11 Å². The van der Waals surface area contributed by atoms with Crippen LogP contribution in [-0.2, 0) is 22.5 Å². The fourth-order valence-corrected chi connectivity index (χ4v) is 2.82. The van der Waals surface area contributed by atoms with Crippen LogP contribution >= 0.6 is 11.6 Å².